The first-order valence-corrected chi connectivity index (χ1v) is 6.03. The first-order chi connectivity index (χ1) is 9.99. The zero-order valence-electron chi connectivity index (χ0n) is 10.9. The number of hydrogen-bond acceptors (Lipinski definition) is 5. The standard InChI is InChI=1S/C13H13N3O5/c17-10-3-1-2-8(11(10)18)12(19)14-4-5-16-6-9(13(20)21)15-7-16/h1-3,6-7,17-18H,4-5H2,(H,14,19)(H,20,21). The maximum atomic E-state index is 11.8. The molecule has 0 aliphatic heterocycles. The number of phenolic OH excluding ortho intramolecular Hbond substituents is 2. The van der Waals surface area contributed by atoms with E-state index in [-0.39, 0.29) is 23.6 Å². The zero-order valence-corrected chi connectivity index (χ0v) is 10.9. The zero-order chi connectivity index (χ0) is 15.4. The molecule has 1 aromatic carbocycles. The highest BCUT2D eigenvalue weighted by molar-refractivity contribution is 5.97. The van der Waals surface area contributed by atoms with Crippen LogP contribution < -0.4 is 5.32 Å². The van der Waals surface area contributed by atoms with Gasteiger partial charge in [-0.05, 0) is 12.1 Å². The molecule has 1 aromatic heterocycles. The van der Waals surface area contributed by atoms with Gasteiger partial charge in [-0.2, -0.15) is 0 Å². The number of benzene rings is 1. The van der Waals surface area contributed by atoms with Crippen molar-refractivity contribution in [1.29, 1.82) is 0 Å². The Hall–Kier alpha value is -3.03. The van der Waals surface area contributed by atoms with E-state index in [1.54, 1.807) is 0 Å². The van der Waals surface area contributed by atoms with E-state index in [9.17, 15) is 19.8 Å². The van der Waals surface area contributed by atoms with Gasteiger partial charge >= 0.3 is 5.97 Å². The Morgan fingerprint density at radius 2 is 2.05 bits per heavy atom. The van der Waals surface area contributed by atoms with Gasteiger partial charge in [0.05, 0.1) is 11.9 Å². The molecule has 0 unspecified atom stereocenters. The van der Waals surface area contributed by atoms with E-state index in [2.05, 4.69) is 10.3 Å². The minimum atomic E-state index is -1.12. The molecule has 0 fully saturated rings. The van der Waals surface area contributed by atoms with Crippen molar-refractivity contribution in [2.24, 2.45) is 0 Å². The number of amides is 1. The predicted octanol–water partition coefficient (Wildman–Crippen LogP) is 0.422. The minimum absolute atomic E-state index is 0.0353. The summed E-state index contributed by atoms with van der Waals surface area (Å²) < 4.78 is 1.52. The van der Waals surface area contributed by atoms with E-state index in [1.807, 2.05) is 0 Å². The van der Waals surface area contributed by atoms with Crippen LogP contribution in [0.2, 0.25) is 0 Å². The molecule has 0 aliphatic carbocycles. The molecule has 2 aromatic rings. The van der Waals surface area contributed by atoms with Gasteiger partial charge in [-0.3, -0.25) is 4.79 Å². The average molecular weight is 291 g/mol. The number of carboxylic acid groups (broad SMARTS) is 1. The van der Waals surface area contributed by atoms with Crippen molar-refractivity contribution < 1.29 is 24.9 Å². The number of carboxylic acids is 1. The third-order valence-electron chi connectivity index (χ3n) is 2.77. The fraction of sp³-hybridized carbons (Fsp3) is 0.154. The molecule has 0 atom stereocenters. The number of carbonyl (C=O) groups is 2. The van der Waals surface area contributed by atoms with Crippen LogP contribution in [-0.2, 0) is 6.54 Å². The maximum absolute atomic E-state index is 11.8. The Morgan fingerprint density at radius 1 is 1.29 bits per heavy atom. The number of rotatable bonds is 5. The second-order valence-electron chi connectivity index (χ2n) is 4.23. The number of nitrogens with one attached hydrogen (secondary N) is 1. The van der Waals surface area contributed by atoms with Crippen LogP contribution in [0.5, 0.6) is 11.5 Å². The number of aromatic nitrogens is 2. The number of carbonyl (C=O) groups excluding carboxylic acids is 1. The highest BCUT2D eigenvalue weighted by Crippen LogP contribution is 2.27. The van der Waals surface area contributed by atoms with Crippen molar-refractivity contribution in [3.63, 3.8) is 0 Å². The van der Waals surface area contributed by atoms with Crippen LogP contribution in [0.15, 0.2) is 30.7 Å². The number of aromatic hydroxyl groups is 2. The van der Waals surface area contributed by atoms with Gasteiger partial charge in [0, 0.05) is 19.3 Å². The van der Waals surface area contributed by atoms with Gasteiger partial charge in [0.15, 0.2) is 17.2 Å². The summed E-state index contributed by atoms with van der Waals surface area (Å²) in [6.07, 6.45) is 2.70. The van der Waals surface area contributed by atoms with Crippen molar-refractivity contribution in [3.8, 4) is 11.5 Å². The first-order valence-electron chi connectivity index (χ1n) is 6.03. The van der Waals surface area contributed by atoms with Gasteiger partial charge < -0.3 is 25.2 Å². The van der Waals surface area contributed by atoms with Gasteiger partial charge in [-0.25, -0.2) is 9.78 Å². The molecular formula is C13H13N3O5. The van der Waals surface area contributed by atoms with E-state index in [1.165, 1.54) is 35.3 Å². The second-order valence-corrected chi connectivity index (χ2v) is 4.23. The molecule has 21 heavy (non-hydrogen) atoms. The molecule has 0 saturated heterocycles. The van der Waals surface area contributed by atoms with Crippen molar-refractivity contribution in [3.05, 3.63) is 42.0 Å². The third-order valence-corrected chi connectivity index (χ3v) is 2.77. The van der Waals surface area contributed by atoms with E-state index >= 15 is 0 Å². The lowest BCUT2D eigenvalue weighted by molar-refractivity contribution is 0.0690. The Balaban J connectivity index is 1.92. The van der Waals surface area contributed by atoms with Crippen LogP contribution in [0.1, 0.15) is 20.8 Å². The number of aromatic carboxylic acids is 1. The van der Waals surface area contributed by atoms with Crippen LogP contribution in [0.25, 0.3) is 0 Å². The molecule has 1 amide bonds. The summed E-state index contributed by atoms with van der Waals surface area (Å²) in [5.74, 6) is -2.52. The topological polar surface area (TPSA) is 125 Å². The Bertz CT molecular complexity index is 680. The van der Waals surface area contributed by atoms with E-state index in [0.717, 1.165) is 0 Å². The van der Waals surface area contributed by atoms with E-state index < -0.39 is 17.6 Å². The number of hydrogen-bond donors (Lipinski definition) is 4. The lowest BCUT2D eigenvalue weighted by Crippen LogP contribution is -2.27. The second kappa shape index (κ2) is 5.95. The molecular weight excluding hydrogens is 278 g/mol. The molecule has 4 N–H and O–H groups in total. The summed E-state index contributed by atoms with van der Waals surface area (Å²) >= 11 is 0. The van der Waals surface area contributed by atoms with Gasteiger partial charge in [0.25, 0.3) is 5.91 Å². The van der Waals surface area contributed by atoms with Gasteiger partial charge in [0.1, 0.15) is 0 Å². The summed E-state index contributed by atoms with van der Waals surface area (Å²) in [4.78, 5) is 26.1. The molecule has 0 bridgehead atoms. The molecule has 8 nitrogen and oxygen atoms in total. The Morgan fingerprint density at radius 3 is 2.71 bits per heavy atom. The quantitative estimate of drug-likeness (QED) is 0.592. The minimum Gasteiger partial charge on any atom is -0.504 e. The van der Waals surface area contributed by atoms with Gasteiger partial charge in [0.2, 0.25) is 0 Å². The van der Waals surface area contributed by atoms with E-state index in [0.29, 0.717) is 6.54 Å². The normalized spacial score (nSPS) is 10.3. The number of imidazole rings is 1. The van der Waals surface area contributed by atoms with Crippen LogP contribution >= 0.6 is 0 Å². The molecule has 2 rings (SSSR count). The molecule has 0 spiro atoms. The van der Waals surface area contributed by atoms with Gasteiger partial charge in [-0.1, -0.05) is 6.07 Å². The summed E-state index contributed by atoms with van der Waals surface area (Å²) in [5.41, 5.74) is -0.112. The van der Waals surface area contributed by atoms with Crippen molar-refractivity contribution in [1.82, 2.24) is 14.9 Å². The van der Waals surface area contributed by atoms with Crippen molar-refractivity contribution >= 4 is 11.9 Å². The van der Waals surface area contributed by atoms with Crippen LogP contribution in [-0.4, -0.2) is 43.3 Å². The smallest absolute Gasteiger partial charge is 0.356 e. The van der Waals surface area contributed by atoms with Gasteiger partial charge in [-0.15, -0.1) is 0 Å². The third kappa shape index (κ3) is 3.30. The molecule has 0 aliphatic rings. The molecule has 0 saturated carbocycles. The lowest BCUT2D eigenvalue weighted by Gasteiger charge is -2.08. The fourth-order valence-corrected chi connectivity index (χ4v) is 1.70. The summed E-state index contributed by atoms with van der Waals surface area (Å²) in [6, 6.07) is 4.09. The largest absolute Gasteiger partial charge is 0.504 e. The lowest BCUT2D eigenvalue weighted by atomic mass is 10.1. The molecule has 1 heterocycles. The summed E-state index contributed by atoms with van der Waals surface area (Å²) in [5, 5.41) is 30.1. The average Bonchev–Trinajstić information content (AvgIpc) is 2.91. The number of para-hydroxylation sites is 1. The highest BCUT2D eigenvalue weighted by atomic mass is 16.4. The molecule has 110 valence electrons. The summed E-state index contributed by atoms with van der Waals surface area (Å²) in [6.45, 7) is 0.537. The van der Waals surface area contributed by atoms with Crippen LogP contribution in [0, 0.1) is 0 Å². The number of phenols is 2. The Labute approximate surface area is 119 Å². The first kappa shape index (κ1) is 14.4. The molecule has 8 heteroatoms. The van der Waals surface area contributed by atoms with Crippen LogP contribution in [0.4, 0.5) is 0 Å². The van der Waals surface area contributed by atoms with E-state index in [4.69, 9.17) is 5.11 Å². The predicted molar refractivity (Wildman–Crippen MR) is 71.3 cm³/mol. The highest BCUT2D eigenvalue weighted by Gasteiger charge is 2.13. The summed E-state index contributed by atoms with van der Waals surface area (Å²) in [7, 11) is 0. The fourth-order valence-electron chi connectivity index (χ4n) is 1.70. The Kier molecular flexibility index (Phi) is 4.07. The SMILES string of the molecule is O=C(O)c1cn(CCNC(=O)c2cccc(O)c2O)cn1. The monoisotopic (exact) mass is 291 g/mol. The van der Waals surface area contributed by atoms with Crippen LogP contribution in [0.3, 0.4) is 0 Å². The number of nitrogens with zero attached hydrogens (tertiary/aromatic N) is 2. The maximum Gasteiger partial charge on any atom is 0.356 e. The van der Waals surface area contributed by atoms with Crippen molar-refractivity contribution in [2.75, 3.05) is 6.54 Å². The molecule has 0 radical (unpaired) electrons. The van der Waals surface area contributed by atoms with Crippen molar-refractivity contribution in [2.45, 2.75) is 6.54 Å².